The molecule has 1 heterocycles. The average molecular weight is 460 g/mol. The average Bonchev–Trinajstić information content (AvgIpc) is 2.78. The van der Waals surface area contributed by atoms with Crippen molar-refractivity contribution >= 4 is 29.2 Å². The molecule has 1 N–H and O–H groups in total. The predicted molar refractivity (Wildman–Crippen MR) is 128 cm³/mol. The maximum absolute atomic E-state index is 12.8. The molecule has 1 aliphatic carbocycles. The molecule has 166 valence electrons. The Labute approximate surface area is 195 Å². The van der Waals surface area contributed by atoms with E-state index >= 15 is 0 Å². The number of urea groups is 1. The highest BCUT2D eigenvalue weighted by molar-refractivity contribution is 6.35. The Morgan fingerprint density at radius 2 is 1.65 bits per heavy atom. The molecule has 2 aromatic carbocycles. The Morgan fingerprint density at radius 3 is 2.29 bits per heavy atom. The number of amides is 2. The number of rotatable bonds is 4. The first-order chi connectivity index (χ1) is 15.0. The van der Waals surface area contributed by atoms with Crippen LogP contribution in [0, 0.1) is 6.92 Å². The second-order valence-electron chi connectivity index (χ2n) is 8.79. The normalized spacial score (nSPS) is 19.3. The van der Waals surface area contributed by atoms with Gasteiger partial charge >= 0.3 is 6.03 Å². The SMILES string of the molecule is Cc1ccc([C@H](c2ccc(Cl)cc2Cl)N2CCN(C(=O)NC3CCCCC3)CC2)cc1. The fraction of sp³-hybridized carbons (Fsp3) is 0.480. The molecule has 4 rings (SSSR count). The van der Waals surface area contributed by atoms with E-state index in [-0.39, 0.29) is 12.1 Å². The molecule has 0 spiro atoms. The van der Waals surface area contributed by atoms with Crippen molar-refractivity contribution in [1.29, 1.82) is 0 Å². The Hall–Kier alpha value is -1.75. The topological polar surface area (TPSA) is 35.6 Å². The van der Waals surface area contributed by atoms with Crippen molar-refractivity contribution in [3.05, 3.63) is 69.2 Å². The number of benzene rings is 2. The van der Waals surface area contributed by atoms with Gasteiger partial charge in [-0.1, -0.05) is 78.4 Å². The fourth-order valence-corrected chi connectivity index (χ4v) is 5.27. The molecule has 1 saturated carbocycles. The zero-order valence-corrected chi connectivity index (χ0v) is 19.6. The predicted octanol–water partition coefficient (Wildman–Crippen LogP) is 6.05. The van der Waals surface area contributed by atoms with Gasteiger partial charge in [0.25, 0.3) is 0 Å². The third kappa shape index (κ3) is 5.54. The lowest BCUT2D eigenvalue weighted by Crippen LogP contribution is -2.54. The van der Waals surface area contributed by atoms with Gasteiger partial charge in [0.2, 0.25) is 0 Å². The molecule has 2 fully saturated rings. The molecule has 2 amide bonds. The molecule has 0 unspecified atom stereocenters. The summed E-state index contributed by atoms with van der Waals surface area (Å²) in [4.78, 5) is 17.2. The molecule has 1 aliphatic heterocycles. The lowest BCUT2D eigenvalue weighted by molar-refractivity contribution is 0.118. The molecule has 1 atom stereocenters. The number of carbonyl (C=O) groups excluding carboxylic acids is 1. The second-order valence-corrected chi connectivity index (χ2v) is 9.63. The minimum Gasteiger partial charge on any atom is -0.335 e. The van der Waals surface area contributed by atoms with E-state index < -0.39 is 0 Å². The van der Waals surface area contributed by atoms with Gasteiger partial charge in [-0.15, -0.1) is 0 Å². The summed E-state index contributed by atoms with van der Waals surface area (Å²) in [6.45, 7) is 5.13. The van der Waals surface area contributed by atoms with Crippen LogP contribution in [0.3, 0.4) is 0 Å². The van der Waals surface area contributed by atoms with Crippen LogP contribution in [0.2, 0.25) is 10.0 Å². The highest BCUT2D eigenvalue weighted by Crippen LogP contribution is 2.35. The van der Waals surface area contributed by atoms with E-state index in [4.69, 9.17) is 23.2 Å². The van der Waals surface area contributed by atoms with Crippen molar-refractivity contribution in [1.82, 2.24) is 15.1 Å². The Bertz CT molecular complexity index is 888. The molecule has 31 heavy (non-hydrogen) atoms. The van der Waals surface area contributed by atoms with Crippen LogP contribution in [-0.4, -0.2) is 48.1 Å². The highest BCUT2D eigenvalue weighted by Gasteiger charge is 2.30. The molecule has 0 radical (unpaired) electrons. The maximum Gasteiger partial charge on any atom is 0.317 e. The summed E-state index contributed by atoms with van der Waals surface area (Å²) in [5.74, 6) is 0. The van der Waals surface area contributed by atoms with E-state index in [0.29, 0.717) is 29.2 Å². The second kappa shape index (κ2) is 10.2. The third-order valence-electron chi connectivity index (χ3n) is 6.55. The Balaban J connectivity index is 1.48. The van der Waals surface area contributed by atoms with Crippen molar-refractivity contribution in [2.45, 2.75) is 51.1 Å². The van der Waals surface area contributed by atoms with E-state index in [1.165, 1.54) is 30.4 Å². The van der Waals surface area contributed by atoms with Gasteiger partial charge in [0.05, 0.1) is 6.04 Å². The number of carbonyl (C=O) groups is 1. The number of aryl methyl sites for hydroxylation is 1. The molecular formula is C25H31Cl2N3O. The lowest BCUT2D eigenvalue weighted by atomic mass is 9.95. The van der Waals surface area contributed by atoms with Gasteiger partial charge in [0, 0.05) is 42.3 Å². The van der Waals surface area contributed by atoms with E-state index in [1.54, 1.807) is 0 Å². The van der Waals surface area contributed by atoms with Gasteiger partial charge in [0.15, 0.2) is 0 Å². The van der Waals surface area contributed by atoms with E-state index in [2.05, 4.69) is 41.4 Å². The van der Waals surface area contributed by atoms with Crippen LogP contribution in [0.1, 0.15) is 54.8 Å². The zero-order chi connectivity index (χ0) is 21.8. The maximum atomic E-state index is 12.8. The van der Waals surface area contributed by atoms with Crippen LogP contribution in [0.4, 0.5) is 4.79 Å². The lowest BCUT2D eigenvalue weighted by Gasteiger charge is -2.40. The van der Waals surface area contributed by atoms with E-state index in [9.17, 15) is 4.79 Å². The third-order valence-corrected chi connectivity index (χ3v) is 7.11. The number of piperazine rings is 1. The van der Waals surface area contributed by atoms with Crippen LogP contribution in [0.5, 0.6) is 0 Å². The standard InChI is InChI=1S/C25H31Cl2N3O/c1-18-7-9-19(10-8-18)24(22-12-11-20(26)17-23(22)27)29-13-15-30(16-14-29)25(31)28-21-5-3-2-4-6-21/h7-12,17,21,24H,2-6,13-16H2,1H3,(H,28,31)/t24-/m1/s1. The van der Waals surface area contributed by atoms with Crippen molar-refractivity contribution < 1.29 is 4.79 Å². The Kier molecular flexibility index (Phi) is 7.42. The number of halogens is 2. The summed E-state index contributed by atoms with van der Waals surface area (Å²) >= 11 is 12.8. The molecular weight excluding hydrogens is 429 g/mol. The summed E-state index contributed by atoms with van der Waals surface area (Å²) in [5, 5.41) is 4.57. The summed E-state index contributed by atoms with van der Waals surface area (Å²) < 4.78 is 0. The number of hydrogen-bond donors (Lipinski definition) is 1. The summed E-state index contributed by atoms with van der Waals surface area (Å²) in [6, 6.07) is 14.8. The first-order valence-corrected chi connectivity index (χ1v) is 12.1. The summed E-state index contributed by atoms with van der Waals surface area (Å²) in [7, 11) is 0. The smallest absolute Gasteiger partial charge is 0.317 e. The van der Waals surface area contributed by atoms with Crippen molar-refractivity contribution in [2.75, 3.05) is 26.2 Å². The van der Waals surface area contributed by atoms with Gasteiger partial charge in [-0.3, -0.25) is 4.90 Å². The van der Waals surface area contributed by atoms with Gasteiger partial charge in [-0.25, -0.2) is 4.79 Å². The first kappa shape index (κ1) is 22.4. The molecule has 0 aromatic heterocycles. The molecule has 2 aromatic rings. The molecule has 1 saturated heterocycles. The highest BCUT2D eigenvalue weighted by atomic mass is 35.5. The summed E-state index contributed by atoms with van der Waals surface area (Å²) in [6.07, 6.45) is 5.95. The minimum absolute atomic E-state index is 0.0360. The van der Waals surface area contributed by atoms with Crippen LogP contribution in [-0.2, 0) is 0 Å². The molecule has 4 nitrogen and oxygen atoms in total. The first-order valence-electron chi connectivity index (χ1n) is 11.3. The number of nitrogens with one attached hydrogen (secondary N) is 1. The molecule has 2 aliphatic rings. The van der Waals surface area contributed by atoms with Crippen molar-refractivity contribution in [2.24, 2.45) is 0 Å². The van der Waals surface area contributed by atoms with Gasteiger partial charge in [-0.05, 0) is 43.0 Å². The molecule has 0 bridgehead atoms. The van der Waals surface area contributed by atoms with Crippen LogP contribution in [0.15, 0.2) is 42.5 Å². The fourth-order valence-electron chi connectivity index (χ4n) is 4.76. The monoisotopic (exact) mass is 459 g/mol. The number of nitrogens with zero attached hydrogens (tertiary/aromatic N) is 2. The van der Waals surface area contributed by atoms with E-state index in [0.717, 1.165) is 31.5 Å². The van der Waals surface area contributed by atoms with Gasteiger partial charge in [-0.2, -0.15) is 0 Å². The zero-order valence-electron chi connectivity index (χ0n) is 18.1. The molecule has 6 heteroatoms. The van der Waals surface area contributed by atoms with Crippen molar-refractivity contribution in [3.63, 3.8) is 0 Å². The Morgan fingerprint density at radius 1 is 0.968 bits per heavy atom. The van der Waals surface area contributed by atoms with Crippen LogP contribution in [0.25, 0.3) is 0 Å². The van der Waals surface area contributed by atoms with Crippen LogP contribution < -0.4 is 5.32 Å². The quantitative estimate of drug-likeness (QED) is 0.603. The van der Waals surface area contributed by atoms with Crippen LogP contribution >= 0.6 is 23.2 Å². The minimum atomic E-state index is 0.0360. The largest absolute Gasteiger partial charge is 0.335 e. The van der Waals surface area contributed by atoms with Gasteiger partial charge < -0.3 is 10.2 Å². The van der Waals surface area contributed by atoms with Gasteiger partial charge in [0.1, 0.15) is 0 Å². The van der Waals surface area contributed by atoms with E-state index in [1.807, 2.05) is 23.1 Å². The summed E-state index contributed by atoms with van der Waals surface area (Å²) in [5.41, 5.74) is 3.49. The van der Waals surface area contributed by atoms with Crippen molar-refractivity contribution in [3.8, 4) is 0 Å². The number of hydrogen-bond acceptors (Lipinski definition) is 2.